The smallest absolute Gasteiger partial charge is 0.254 e. The van der Waals surface area contributed by atoms with Crippen molar-refractivity contribution >= 4 is 5.91 Å². The number of carbonyl (C=O) groups excluding carboxylic acids is 1. The molecule has 0 aliphatic carbocycles. The molecule has 2 unspecified atom stereocenters. The third-order valence-electron chi connectivity index (χ3n) is 3.97. The lowest BCUT2D eigenvalue weighted by Gasteiger charge is -2.38. The molecule has 0 aromatic rings. The van der Waals surface area contributed by atoms with E-state index in [-0.39, 0.29) is 5.91 Å². The van der Waals surface area contributed by atoms with E-state index in [4.69, 9.17) is 4.74 Å². The van der Waals surface area contributed by atoms with Gasteiger partial charge in [0.2, 0.25) is 0 Å². The zero-order valence-electron chi connectivity index (χ0n) is 12.3. The summed E-state index contributed by atoms with van der Waals surface area (Å²) in [7, 11) is 1.62. The highest BCUT2D eigenvalue weighted by Crippen LogP contribution is 2.21. The second-order valence-corrected chi connectivity index (χ2v) is 5.33. The molecular weight excluding hydrogens is 228 g/mol. The van der Waals surface area contributed by atoms with Crippen molar-refractivity contribution in [3.05, 3.63) is 0 Å². The third-order valence-corrected chi connectivity index (χ3v) is 3.97. The molecule has 0 bridgehead atoms. The second kappa shape index (κ2) is 7.10. The van der Waals surface area contributed by atoms with Crippen LogP contribution >= 0.6 is 0 Å². The highest BCUT2D eigenvalue weighted by molar-refractivity contribution is 5.85. The summed E-state index contributed by atoms with van der Waals surface area (Å²) in [5, 5.41) is 3.51. The van der Waals surface area contributed by atoms with Crippen LogP contribution in [0.1, 0.15) is 46.5 Å². The first-order valence-corrected chi connectivity index (χ1v) is 7.15. The predicted octanol–water partition coefficient (Wildman–Crippen LogP) is 1.79. The van der Waals surface area contributed by atoms with E-state index in [1.54, 1.807) is 7.11 Å². The van der Waals surface area contributed by atoms with Crippen LogP contribution in [0, 0.1) is 0 Å². The molecule has 1 heterocycles. The standard InChI is InChI=1S/C14H28N2O2/c1-5-9-15-12-8-7-10-16(11-12)13(17)14(3,6-2)18-4/h12,15H,5-11H2,1-4H3. The van der Waals surface area contributed by atoms with Crippen molar-refractivity contribution in [2.45, 2.75) is 58.1 Å². The molecule has 1 saturated heterocycles. The Labute approximate surface area is 111 Å². The molecule has 1 aliphatic heterocycles. The molecule has 0 radical (unpaired) electrons. The zero-order chi connectivity index (χ0) is 13.6. The number of hydrogen-bond donors (Lipinski definition) is 1. The van der Waals surface area contributed by atoms with Crippen molar-refractivity contribution in [3.63, 3.8) is 0 Å². The molecule has 18 heavy (non-hydrogen) atoms. The maximum Gasteiger partial charge on any atom is 0.254 e. The molecule has 0 aromatic carbocycles. The third kappa shape index (κ3) is 3.69. The lowest BCUT2D eigenvalue weighted by Crippen LogP contribution is -2.54. The van der Waals surface area contributed by atoms with Gasteiger partial charge in [0, 0.05) is 26.2 Å². The average molecular weight is 256 g/mol. The minimum atomic E-state index is -0.660. The van der Waals surface area contributed by atoms with Crippen LogP contribution in [0.3, 0.4) is 0 Å². The number of nitrogens with one attached hydrogen (secondary N) is 1. The van der Waals surface area contributed by atoms with Crippen LogP contribution in [0.25, 0.3) is 0 Å². The van der Waals surface area contributed by atoms with Crippen LogP contribution in [0.4, 0.5) is 0 Å². The Kier molecular flexibility index (Phi) is 6.09. The molecule has 0 saturated carbocycles. The van der Waals surface area contributed by atoms with Gasteiger partial charge in [0.05, 0.1) is 0 Å². The fraction of sp³-hybridized carbons (Fsp3) is 0.929. The Morgan fingerprint density at radius 1 is 1.50 bits per heavy atom. The van der Waals surface area contributed by atoms with Gasteiger partial charge in [-0.05, 0) is 39.2 Å². The fourth-order valence-electron chi connectivity index (χ4n) is 2.39. The van der Waals surface area contributed by atoms with Crippen molar-refractivity contribution in [1.29, 1.82) is 0 Å². The number of piperidine rings is 1. The maximum atomic E-state index is 12.5. The Hall–Kier alpha value is -0.610. The van der Waals surface area contributed by atoms with Gasteiger partial charge in [-0.15, -0.1) is 0 Å². The van der Waals surface area contributed by atoms with E-state index in [1.165, 1.54) is 6.42 Å². The van der Waals surface area contributed by atoms with Crippen molar-refractivity contribution in [2.24, 2.45) is 0 Å². The number of nitrogens with zero attached hydrogens (tertiary/aromatic N) is 1. The summed E-state index contributed by atoms with van der Waals surface area (Å²) in [6, 6.07) is 0.445. The van der Waals surface area contributed by atoms with E-state index >= 15 is 0 Å². The van der Waals surface area contributed by atoms with Gasteiger partial charge >= 0.3 is 0 Å². The van der Waals surface area contributed by atoms with Crippen molar-refractivity contribution < 1.29 is 9.53 Å². The molecule has 0 spiro atoms. The summed E-state index contributed by atoms with van der Waals surface area (Å²) in [6.07, 6.45) is 4.09. The van der Waals surface area contributed by atoms with Gasteiger partial charge in [0.25, 0.3) is 5.91 Å². The number of amides is 1. The number of likely N-dealkylation sites (tertiary alicyclic amines) is 1. The van der Waals surface area contributed by atoms with Gasteiger partial charge in [-0.25, -0.2) is 0 Å². The van der Waals surface area contributed by atoms with E-state index in [0.29, 0.717) is 12.5 Å². The monoisotopic (exact) mass is 256 g/mol. The van der Waals surface area contributed by atoms with E-state index in [2.05, 4.69) is 12.2 Å². The van der Waals surface area contributed by atoms with Crippen LogP contribution in [0.2, 0.25) is 0 Å². The Morgan fingerprint density at radius 2 is 2.22 bits per heavy atom. The summed E-state index contributed by atoms with van der Waals surface area (Å²) < 4.78 is 5.41. The number of methoxy groups -OCH3 is 1. The van der Waals surface area contributed by atoms with Crippen LogP contribution in [0.15, 0.2) is 0 Å². The van der Waals surface area contributed by atoms with E-state index in [0.717, 1.165) is 32.5 Å². The summed E-state index contributed by atoms with van der Waals surface area (Å²) in [5.74, 6) is 0.135. The van der Waals surface area contributed by atoms with E-state index in [9.17, 15) is 4.79 Å². The van der Waals surface area contributed by atoms with Crippen LogP contribution in [-0.4, -0.2) is 49.2 Å². The normalized spacial score (nSPS) is 23.8. The molecule has 1 rings (SSSR count). The molecule has 1 fully saturated rings. The summed E-state index contributed by atoms with van der Waals surface area (Å²) in [6.45, 7) is 8.76. The fourth-order valence-corrected chi connectivity index (χ4v) is 2.39. The zero-order valence-corrected chi connectivity index (χ0v) is 12.3. The first-order chi connectivity index (χ1) is 8.57. The molecule has 4 nitrogen and oxygen atoms in total. The number of ether oxygens (including phenoxy) is 1. The van der Waals surface area contributed by atoms with Gasteiger partial charge in [-0.3, -0.25) is 4.79 Å². The molecule has 106 valence electrons. The molecule has 1 aliphatic rings. The molecule has 2 atom stereocenters. The SMILES string of the molecule is CCCNC1CCCN(C(=O)C(C)(CC)OC)C1. The number of hydrogen-bond acceptors (Lipinski definition) is 3. The van der Waals surface area contributed by atoms with Gasteiger partial charge < -0.3 is 15.0 Å². The minimum Gasteiger partial charge on any atom is -0.369 e. The molecule has 1 N–H and O–H groups in total. The lowest BCUT2D eigenvalue weighted by molar-refractivity contribution is -0.154. The quantitative estimate of drug-likeness (QED) is 0.788. The predicted molar refractivity (Wildman–Crippen MR) is 73.6 cm³/mol. The molecule has 1 amide bonds. The summed E-state index contributed by atoms with van der Waals surface area (Å²) >= 11 is 0. The van der Waals surface area contributed by atoms with Gasteiger partial charge in [-0.2, -0.15) is 0 Å². The van der Waals surface area contributed by atoms with Crippen molar-refractivity contribution in [1.82, 2.24) is 10.2 Å². The highest BCUT2D eigenvalue weighted by Gasteiger charge is 2.36. The van der Waals surface area contributed by atoms with Crippen LogP contribution in [0.5, 0.6) is 0 Å². The Balaban J connectivity index is 2.57. The number of carbonyl (C=O) groups is 1. The first-order valence-electron chi connectivity index (χ1n) is 7.15. The maximum absolute atomic E-state index is 12.5. The van der Waals surface area contributed by atoms with E-state index in [1.807, 2.05) is 18.7 Å². The average Bonchev–Trinajstić information content (AvgIpc) is 2.43. The lowest BCUT2D eigenvalue weighted by atomic mass is 9.98. The van der Waals surface area contributed by atoms with Gasteiger partial charge in [-0.1, -0.05) is 13.8 Å². The highest BCUT2D eigenvalue weighted by atomic mass is 16.5. The summed E-state index contributed by atoms with van der Waals surface area (Å²) in [4.78, 5) is 14.4. The van der Waals surface area contributed by atoms with Crippen LogP contribution in [-0.2, 0) is 9.53 Å². The van der Waals surface area contributed by atoms with Crippen molar-refractivity contribution in [2.75, 3.05) is 26.7 Å². The Bertz CT molecular complexity index is 265. The topological polar surface area (TPSA) is 41.6 Å². The largest absolute Gasteiger partial charge is 0.369 e. The first kappa shape index (κ1) is 15.4. The van der Waals surface area contributed by atoms with E-state index < -0.39 is 5.60 Å². The summed E-state index contributed by atoms with van der Waals surface area (Å²) in [5.41, 5.74) is -0.660. The van der Waals surface area contributed by atoms with Gasteiger partial charge in [0.15, 0.2) is 0 Å². The molecular formula is C14H28N2O2. The molecule has 4 heteroatoms. The van der Waals surface area contributed by atoms with Crippen LogP contribution < -0.4 is 5.32 Å². The minimum absolute atomic E-state index is 0.135. The van der Waals surface area contributed by atoms with Crippen molar-refractivity contribution in [3.8, 4) is 0 Å². The number of rotatable bonds is 6. The molecule has 0 aromatic heterocycles. The van der Waals surface area contributed by atoms with Gasteiger partial charge in [0.1, 0.15) is 5.60 Å². The Morgan fingerprint density at radius 3 is 2.78 bits per heavy atom. The second-order valence-electron chi connectivity index (χ2n) is 5.33.